The Hall–Kier alpha value is -1.84. The Morgan fingerprint density at radius 1 is 1.44 bits per heavy atom. The fourth-order valence-electron chi connectivity index (χ4n) is 1.89. The van der Waals surface area contributed by atoms with Gasteiger partial charge in [-0.2, -0.15) is 0 Å². The predicted octanol–water partition coefficient (Wildman–Crippen LogP) is 1.49. The van der Waals surface area contributed by atoms with Crippen molar-refractivity contribution in [1.82, 2.24) is 0 Å². The van der Waals surface area contributed by atoms with Crippen molar-refractivity contribution in [2.75, 3.05) is 12.4 Å². The van der Waals surface area contributed by atoms with Crippen molar-refractivity contribution in [1.29, 1.82) is 0 Å². The summed E-state index contributed by atoms with van der Waals surface area (Å²) in [5.74, 6) is 0.197. The molecule has 1 amide bonds. The van der Waals surface area contributed by atoms with Crippen LogP contribution < -0.4 is 10.1 Å². The lowest BCUT2D eigenvalue weighted by molar-refractivity contribution is -0.130. The second kappa shape index (κ2) is 3.33. The van der Waals surface area contributed by atoms with Gasteiger partial charge in [-0.1, -0.05) is 0 Å². The van der Waals surface area contributed by atoms with Crippen LogP contribution in [0.1, 0.15) is 19.4 Å². The third-order valence-electron chi connectivity index (χ3n) is 3.17. The Morgan fingerprint density at radius 3 is 2.69 bits per heavy atom. The van der Waals surface area contributed by atoms with E-state index in [2.05, 4.69) is 5.32 Å². The first kappa shape index (κ1) is 10.7. The molecule has 0 unspecified atom stereocenters. The molecule has 1 aliphatic rings. The molecule has 0 aliphatic carbocycles. The van der Waals surface area contributed by atoms with Gasteiger partial charge in [-0.15, -0.1) is 0 Å². The topological polar surface area (TPSA) is 55.4 Å². The second-order valence-corrected chi connectivity index (χ2v) is 4.05. The van der Waals surface area contributed by atoms with E-state index in [0.29, 0.717) is 17.0 Å². The summed E-state index contributed by atoms with van der Waals surface area (Å²) in [4.78, 5) is 23.5. The van der Waals surface area contributed by atoms with Crippen LogP contribution in [0.3, 0.4) is 0 Å². The van der Waals surface area contributed by atoms with Gasteiger partial charge in [0.25, 0.3) is 0 Å². The molecule has 16 heavy (non-hydrogen) atoms. The molecular formula is C12H13NO3. The maximum Gasteiger partial charge on any atom is 0.242 e. The molecule has 84 valence electrons. The Bertz CT molecular complexity index is 481. The molecule has 0 fully saturated rings. The smallest absolute Gasteiger partial charge is 0.242 e. The minimum Gasteiger partial charge on any atom is -0.497 e. The number of fused-ring (bicyclic) bond motifs is 1. The number of benzene rings is 1. The minimum absolute atomic E-state index is 0.169. The van der Waals surface area contributed by atoms with E-state index < -0.39 is 5.41 Å². The van der Waals surface area contributed by atoms with Crippen molar-refractivity contribution in [3.63, 3.8) is 0 Å². The molecule has 4 heteroatoms. The molecule has 1 aliphatic heterocycles. The molecule has 0 radical (unpaired) electrons. The van der Waals surface area contributed by atoms with E-state index in [1.807, 2.05) is 0 Å². The summed E-state index contributed by atoms with van der Waals surface area (Å²) in [6.45, 7) is 3.06. The first-order valence-corrected chi connectivity index (χ1v) is 5.01. The van der Waals surface area contributed by atoms with E-state index >= 15 is 0 Å². The first-order valence-electron chi connectivity index (χ1n) is 5.01. The van der Waals surface area contributed by atoms with Crippen LogP contribution in [-0.4, -0.2) is 18.8 Å². The Labute approximate surface area is 93.6 Å². The van der Waals surface area contributed by atoms with E-state index in [1.54, 1.807) is 32.2 Å². The molecule has 1 atom stereocenters. The Balaban J connectivity index is 2.63. The highest BCUT2D eigenvalue weighted by Crippen LogP contribution is 2.40. The van der Waals surface area contributed by atoms with Gasteiger partial charge in [-0.05, 0) is 32.0 Å². The van der Waals surface area contributed by atoms with E-state index in [0.717, 1.165) is 0 Å². The highest BCUT2D eigenvalue weighted by Gasteiger charge is 2.46. The van der Waals surface area contributed by atoms with Crippen LogP contribution in [0.15, 0.2) is 18.2 Å². The molecule has 2 rings (SSSR count). The third-order valence-corrected chi connectivity index (χ3v) is 3.17. The number of nitrogens with one attached hydrogen (secondary N) is 1. The van der Waals surface area contributed by atoms with Gasteiger partial charge in [0.2, 0.25) is 5.91 Å². The predicted molar refractivity (Wildman–Crippen MR) is 59.7 cm³/mol. The standard InChI is InChI=1S/C12H13NO3/c1-7(14)12(2)9-6-8(16-3)4-5-10(9)13-11(12)15/h4-6H,1-3H3,(H,13,15)/t12-/m1/s1. The van der Waals surface area contributed by atoms with Gasteiger partial charge in [0, 0.05) is 11.3 Å². The second-order valence-electron chi connectivity index (χ2n) is 4.05. The molecule has 1 aromatic rings. The van der Waals surface area contributed by atoms with Gasteiger partial charge in [-0.25, -0.2) is 0 Å². The first-order chi connectivity index (χ1) is 7.50. The van der Waals surface area contributed by atoms with Crippen molar-refractivity contribution < 1.29 is 14.3 Å². The number of ketones is 1. The van der Waals surface area contributed by atoms with Crippen LogP contribution in [0.25, 0.3) is 0 Å². The fraction of sp³-hybridized carbons (Fsp3) is 0.333. The lowest BCUT2D eigenvalue weighted by Crippen LogP contribution is -2.37. The summed E-state index contributed by atoms with van der Waals surface area (Å²) < 4.78 is 5.10. The van der Waals surface area contributed by atoms with E-state index in [4.69, 9.17) is 4.74 Å². The monoisotopic (exact) mass is 219 g/mol. The highest BCUT2D eigenvalue weighted by atomic mass is 16.5. The fourth-order valence-corrected chi connectivity index (χ4v) is 1.89. The highest BCUT2D eigenvalue weighted by molar-refractivity contribution is 6.20. The van der Waals surface area contributed by atoms with Crippen LogP contribution >= 0.6 is 0 Å². The molecular weight excluding hydrogens is 206 g/mol. The summed E-state index contributed by atoms with van der Waals surface area (Å²) in [7, 11) is 1.55. The summed E-state index contributed by atoms with van der Waals surface area (Å²) in [5.41, 5.74) is 0.275. The van der Waals surface area contributed by atoms with Crippen LogP contribution in [0.4, 0.5) is 5.69 Å². The van der Waals surface area contributed by atoms with Crippen LogP contribution in [-0.2, 0) is 15.0 Å². The van der Waals surface area contributed by atoms with Crippen molar-refractivity contribution in [2.24, 2.45) is 0 Å². The number of carbonyl (C=O) groups excluding carboxylic acids is 2. The zero-order valence-corrected chi connectivity index (χ0v) is 9.46. The normalized spacial score (nSPS) is 22.6. The van der Waals surface area contributed by atoms with Gasteiger partial charge >= 0.3 is 0 Å². The van der Waals surface area contributed by atoms with Crippen molar-refractivity contribution in [2.45, 2.75) is 19.3 Å². The number of hydrogen-bond donors (Lipinski definition) is 1. The van der Waals surface area contributed by atoms with Crippen molar-refractivity contribution in [3.05, 3.63) is 23.8 Å². The molecule has 0 bridgehead atoms. The maximum atomic E-state index is 11.8. The number of hydrogen-bond acceptors (Lipinski definition) is 3. The Kier molecular flexibility index (Phi) is 2.22. The number of carbonyl (C=O) groups is 2. The minimum atomic E-state index is -1.09. The number of methoxy groups -OCH3 is 1. The lowest BCUT2D eigenvalue weighted by atomic mass is 9.80. The summed E-state index contributed by atoms with van der Waals surface area (Å²) in [6, 6.07) is 5.24. The molecule has 1 N–H and O–H groups in total. The van der Waals surface area contributed by atoms with Crippen LogP contribution in [0, 0.1) is 0 Å². The summed E-state index contributed by atoms with van der Waals surface area (Å²) >= 11 is 0. The molecule has 0 spiro atoms. The molecule has 0 aromatic heterocycles. The number of anilines is 1. The largest absolute Gasteiger partial charge is 0.497 e. The molecule has 4 nitrogen and oxygen atoms in total. The SMILES string of the molecule is COc1ccc2c(c1)[C@@](C)(C(C)=O)C(=O)N2. The molecule has 0 saturated heterocycles. The average molecular weight is 219 g/mol. The van der Waals surface area contributed by atoms with E-state index in [1.165, 1.54) is 6.92 Å². The summed E-state index contributed by atoms with van der Waals surface area (Å²) in [6.07, 6.45) is 0. The Morgan fingerprint density at radius 2 is 2.12 bits per heavy atom. The van der Waals surface area contributed by atoms with Gasteiger partial charge in [0.1, 0.15) is 16.9 Å². The summed E-state index contributed by atoms with van der Waals surface area (Å²) in [5, 5.41) is 2.71. The van der Waals surface area contributed by atoms with Gasteiger partial charge in [-0.3, -0.25) is 9.59 Å². The van der Waals surface area contributed by atoms with E-state index in [9.17, 15) is 9.59 Å². The number of Topliss-reactive ketones (excluding diaryl/α,β-unsaturated/α-hetero) is 1. The van der Waals surface area contributed by atoms with Gasteiger partial charge in [0.05, 0.1) is 7.11 Å². The third kappa shape index (κ3) is 1.23. The quantitative estimate of drug-likeness (QED) is 0.767. The van der Waals surface area contributed by atoms with Crippen molar-refractivity contribution in [3.8, 4) is 5.75 Å². The number of ether oxygens (including phenoxy) is 1. The van der Waals surface area contributed by atoms with Crippen molar-refractivity contribution >= 4 is 17.4 Å². The zero-order chi connectivity index (χ0) is 11.9. The van der Waals surface area contributed by atoms with E-state index in [-0.39, 0.29) is 11.7 Å². The van der Waals surface area contributed by atoms with Crippen LogP contribution in [0.5, 0.6) is 5.75 Å². The zero-order valence-electron chi connectivity index (χ0n) is 9.46. The molecule has 1 aromatic carbocycles. The van der Waals surface area contributed by atoms with Gasteiger partial charge < -0.3 is 10.1 Å². The molecule has 0 saturated carbocycles. The number of rotatable bonds is 2. The average Bonchev–Trinajstić information content (AvgIpc) is 2.52. The lowest BCUT2D eigenvalue weighted by Gasteiger charge is -2.18. The molecule has 1 heterocycles. The number of amides is 1. The van der Waals surface area contributed by atoms with Gasteiger partial charge in [0.15, 0.2) is 0 Å². The maximum absolute atomic E-state index is 11.8. The van der Waals surface area contributed by atoms with Crippen LogP contribution in [0.2, 0.25) is 0 Å².